The Bertz CT molecular complexity index is 695. The summed E-state index contributed by atoms with van der Waals surface area (Å²) in [5, 5.41) is 0. The number of amides is 3. The van der Waals surface area contributed by atoms with Crippen LogP contribution in [0.5, 0.6) is 0 Å². The standard InChI is InChI=1S/C17H14N2O2/c1-13-16(20)19(15-10-6-3-7-11-15)17(21)18(13)12-14-8-4-2-5-9-14/h2-11H,1,12H2. The van der Waals surface area contributed by atoms with Crippen LogP contribution in [-0.4, -0.2) is 16.8 Å². The number of hydrogen-bond acceptors (Lipinski definition) is 2. The van der Waals surface area contributed by atoms with E-state index in [4.69, 9.17) is 0 Å². The third kappa shape index (κ3) is 2.31. The summed E-state index contributed by atoms with van der Waals surface area (Å²) < 4.78 is 0. The first kappa shape index (κ1) is 13.1. The lowest BCUT2D eigenvalue weighted by atomic mass is 10.2. The van der Waals surface area contributed by atoms with E-state index in [-0.39, 0.29) is 17.6 Å². The highest BCUT2D eigenvalue weighted by Gasteiger charge is 2.40. The summed E-state index contributed by atoms with van der Waals surface area (Å²) in [4.78, 5) is 27.3. The van der Waals surface area contributed by atoms with Crippen LogP contribution in [0.2, 0.25) is 0 Å². The summed E-state index contributed by atoms with van der Waals surface area (Å²) in [6, 6.07) is 18.1. The van der Waals surface area contributed by atoms with Crippen molar-refractivity contribution >= 4 is 17.6 Å². The minimum Gasteiger partial charge on any atom is -0.284 e. The normalized spacial score (nSPS) is 15.0. The van der Waals surface area contributed by atoms with Crippen LogP contribution in [0.1, 0.15) is 5.56 Å². The zero-order chi connectivity index (χ0) is 14.8. The molecule has 3 rings (SSSR count). The Morgan fingerprint density at radius 3 is 2.05 bits per heavy atom. The molecule has 1 aliphatic rings. The van der Waals surface area contributed by atoms with E-state index in [9.17, 15) is 9.59 Å². The highest BCUT2D eigenvalue weighted by molar-refractivity contribution is 6.26. The molecule has 0 radical (unpaired) electrons. The first-order valence-electron chi connectivity index (χ1n) is 6.62. The molecule has 1 heterocycles. The number of benzene rings is 2. The first-order valence-corrected chi connectivity index (χ1v) is 6.62. The lowest BCUT2D eigenvalue weighted by molar-refractivity contribution is -0.114. The number of carbonyl (C=O) groups excluding carboxylic acids is 2. The van der Waals surface area contributed by atoms with E-state index in [1.807, 2.05) is 36.4 Å². The Morgan fingerprint density at radius 2 is 1.43 bits per heavy atom. The smallest absolute Gasteiger partial charge is 0.284 e. The number of rotatable bonds is 3. The van der Waals surface area contributed by atoms with Crippen molar-refractivity contribution < 1.29 is 9.59 Å². The van der Waals surface area contributed by atoms with Gasteiger partial charge in [-0.3, -0.25) is 9.69 Å². The Labute approximate surface area is 122 Å². The first-order chi connectivity index (χ1) is 10.2. The van der Waals surface area contributed by atoms with Crippen molar-refractivity contribution in [2.75, 3.05) is 4.90 Å². The SMILES string of the molecule is C=C1C(=O)N(c2ccccc2)C(=O)N1Cc1ccccc1. The zero-order valence-electron chi connectivity index (χ0n) is 11.4. The van der Waals surface area contributed by atoms with Crippen LogP contribution < -0.4 is 4.90 Å². The Balaban J connectivity index is 1.89. The van der Waals surface area contributed by atoms with E-state index in [2.05, 4.69) is 6.58 Å². The molecule has 1 aliphatic heterocycles. The van der Waals surface area contributed by atoms with Crippen LogP contribution >= 0.6 is 0 Å². The number of para-hydroxylation sites is 1. The molecule has 0 atom stereocenters. The van der Waals surface area contributed by atoms with Gasteiger partial charge in [0.1, 0.15) is 5.70 Å². The summed E-state index contributed by atoms with van der Waals surface area (Å²) >= 11 is 0. The quantitative estimate of drug-likeness (QED) is 0.639. The van der Waals surface area contributed by atoms with Gasteiger partial charge in [-0.1, -0.05) is 55.1 Å². The van der Waals surface area contributed by atoms with Gasteiger partial charge in [0, 0.05) is 0 Å². The summed E-state index contributed by atoms with van der Waals surface area (Å²) in [5.41, 5.74) is 1.71. The van der Waals surface area contributed by atoms with Crippen LogP contribution in [0, 0.1) is 0 Å². The number of urea groups is 1. The lowest BCUT2D eigenvalue weighted by Gasteiger charge is -2.17. The fourth-order valence-corrected chi connectivity index (χ4v) is 2.30. The maximum Gasteiger partial charge on any atom is 0.336 e. The molecule has 0 saturated carbocycles. The maximum absolute atomic E-state index is 12.5. The third-order valence-corrected chi connectivity index (χ3v) is 3.40. The molecule has 2 aromatic rings. The molecule has 4 nitrogen and oxygen atoms in total. The molecule has 0 bridgehead atoms. The Kier molecular flexibility index (Phi) is 3.28. The number of imide groups is 1. The number of anilines is 1. The summed E-state index contributed by atoms with van der Waals surface area (Å²) in [6.45, 7) is 4.09. The molecular weight excluding hydrogens is 264 g/mol. The largest absolute Gasteiger partial charge is 0.336 e. The van der Waals surface area contributed by atoms with E-state index in [1.165, 1.54) is 4.90 Å². The second-order valence-electron chi connectivity index (χ2n) is 4.78. The highest BCUT2D eigenvalue weighted by atomic mass is 16.2. The van der Waals surface area contributed by atoms with E-state index >= 15 is 0 Å². The van der Waals surface area contributed by atoms with Crippen molar-refractivity contribution in [2.45, 2.75) is 6.54 Å². The molecule has 21 heavy (non-hydrogen) atoms. The maximum atomic E-state index is 12.5. The molecule has 0 aliphatic carbocycles. The molecule has 0 unspecified atom stereocenters. The van der Waals surface area contributed by atoms with E-state index in [0.29, 0.717) is 12.2 Å². The molecule has 0 aromatic heterocycles. The van der Waals surface area contributed by atoms with E-state index in [1.54, 1.807) is 24.3 Å². The fraction of sp³-hybridized carbons (Fsp3) is 0.0588. The molecule has 104 valence electrons. The van der Waals surface area contributed by atoms with Gasteiger partial charge in [0.15, 0.2) is 0 Å². The van der Waals surface area contributed by atoms with Crippen LogP contribution in [-0.2, 0) is 11.3 Å². The van der Waals surface area contributed by atoms with Gasteiger partial charge in [0.25, 0.3) is 5.91 Å². The molecule has 0 N–H and O–H groups in total. The van der Waals surface area contributed by atoms with Crippen LogP contribution in [0.25, 0.3) is 0 Å². The van der Waals surface area contributed by atoms with Gasteiger partial charge in [-0.25, -0.2) is 9.69 Å². The minimum absolute atomic E-state index is 0.202. The van der Waals surface area contributed by atoms with Gasteiger partial charge in [0.2, 0.25) is 0 Å². The number of nitrogens with zero attached hydrogens (tertiary/aromatic N) is 2. The minimum atomic E-state index is -0.373. The van der Waals surface area contributed by atoms with Crippen molar-refractivity contribution in [2.24, 2.45) is 0 Å². The Hall–Kier alpha value is -2.88. The predicted molar refractivity (Wildman–Crippen MR) is 80.4 cm³/mol. The van der Waals surface area contributed by atoms with Crippen LogP contribution in [0.4, 0.5) is 10.5 Å². The summed E-state index contributed by atoms with van der Waals surface area (Å²) in [5.74, 6) is -0.373. The second kappa shape index (κ2) is 5.25. The van der Waals surface area contributed by atoms with Gasteiger partial charge >= 0.3 is 6.03 Å². The summed E-state index contributed by atoms with van der Waals surface area (Å²) in [6.07, 6.45) is 0. The number of carbonyl (C=O) groups is 2. The summed E-state index contributed by atoms with van der Waals surface area (Å²) in [7, 11) is 0. The van der Waals surface area contributed by atoms with E-state index < -0.39 is 0 Å². The van der Waals surface area contributed by atoms with Gasteiger partial charge in [-0.05, 0) is 17.7 Å². The highest BCUT2D eigenvalue weighted by Crippen LogP contribution is 2.27. The average molecular weight is 278 g/mol. The number of hydrogen-bond donors (Lipinski definition) is 0. The van der Waals surface area contributed by atoms with Gasteiger partial charge in [-0.15, -0.1) is 0 Å². The van der Waals surface area contributed by atoms with E-state index in [0.717, 1.165) is 10.5 Å². The van der Waals surface area contributed by atoms with Crippen LogP contribution in [0.15, 0.2) is 72.9 Å². The molecule has 1 saturated heterocycles. The predicted octanol–water partition coefficient (Wildman–Crippen LogP) is 3.17. The topological polar surface area (TPSA) is 40.6 Å². The fourth-order valence-electron chi connectivity index (χ4n) is 2.30. The monoisotopic (exact) mass is 278 g/mol. The lowest BCUT2D eigenvalue weighted by Crippen LogP contribution is -2.32. The van der Waals surface area contributed by atoms with Crippen molar-refractivity contribution in [3.63, 3.8) is 0 Å². The van der Waals surface area contributed by atoms with Crippen molar-refractivity contribution in [1.29, 1.82) is 0 Å². The van der Waals surface area contributed by atoms with Crippen molar-refractivity contribution in [3.8, 4) is 0 Å². The van der Waals surface area contributed by atoms with Gasteiger partial charge < -0.3 is 0 Å². The Morgan fingerprint density at radius 1 is 0.857 bits per heavy atom. The molecule has 4 heteroatoms. The van der Waals surface area contributed by atoms with Gasteiger partial charge in [-0.2, -0.15) is 0 Å². The van der Waals surface area contributed by atoms with Gasteiger partial charge in [0.05, 0.1) is 12.2 Å². The molecule has 2 aromatic carbocycles. The zero-order valence-corrected chi connectivity index (χ0v) is 11.4. The molecular formula is C17H14N2O2. The molecule has 3 amide bonds. The van der Waals surface area contributed by atoms with Crippen LogP contribution in [0.3, 0.4) is 0 Å². The average Bonchev–Trinajstić information content (AvgIpc) is 2.73. The third-order valence-electron chi connectivity index (χ3n) is 3.40. The molecule has 0 spiro atoms. The van der Waals surface area contributed by atoms with Crippen molar-refractivity contribution in [3.05, 3.63) is 78.5 Å². The van der Waals surface area contributed by atoms with Crippen molar-refractivity contribution in [1.82, 2.24) is 4.90 Å². The second-order valence-corrected chi connectivity index (χ2v) is 4.78. The molecule has 1 fully saturated rings.